The molecule has 82 valence electrons. The van der Waals surface area contributed by atoms with Crippen molar-refractivity contribution in [2.24, 2.45) is 0 Å². The fourth-order valence-electron chi connectivity index (χ4n) is 2.50. The van der Waals surface area contributed by atoms with E-state index in [0.29, 0.717) is 0 Å². The van der Waals surface area contributed by atoms with Gasteiger partial charge in [-0.3, -0.25) is 0 Å². The van der Waals surface area contributed by atoms with Gasteiger partial charge in [0.25, 0.3) is 0 Å². The largest absolute Gasteiger partial charge is 0.346 e. The van der Waals surface area contributed by atoms with Crippen LogP contribution < -0.4 is 10.9 Å². The zero-order valence-electron chi connectivity index (χ0n) is 9.65. The number of fused-ring (bicyclic) bond motifs is 2. The van der Waals surface area contributed by atoms with Gasteiger partial charge in [-0.25, -0.2) is 0 Å². The summed E-state index contributed by atoms with van der Waals surface area (Å²) in [6.07, 6.45) is 0.974. The van der Waals surface area contributed by atoms with Gasteiger partial charge < -0.3 is 4.57 Å². The summed E-state index contributed by atoms with van der Waals surface area (Å²) in [4.78, 5) is 0. The van der Waals surface area contributed by atoms with Crippen molar-refractivity contribution in [1.82, 2.24) is 0 Å². The molecule has 0 saturated carbocycles. The van der Waals surface area contributed by atoms with Gasteiger partial charge in [0.05, 0.1) is 0 Å². The van der Waals surface area contributed by atoms with Gasteiger partial charge in [0.1, 0.15) is 0 Å². The standard InChI is InChI=1S/C13H13B2OP/c16-17-14-12-7-3-1-5-10(12)9-11-6-2-4-8-13(11)15-17/h1-8,14-15,17H,9H2. The van der Waals surface area contributed by atoms with E-state index in [1.807, 2.05) is 12.1 Å². The van der Waals surface area contributed by atoms with Crippen LogP contribution in [0.4, 0.5) is 0 Å². The van der Waals surface area contributed by atoms with E-state index in [1.54, 1.807) is 0 Å². The molecule has 17 heavy (non-hydrogen) atoms. The molecule has 0 unspecified atom stereocenters. The van der Waals surface area contributed by atoms with Crippen molar-refractivity contribution in [2.75, 3.05) is 0 Å². The zero-order valence-corrected chi connectivity index (χ0v) is 10.6. The third kappa shape index (κ3) is 2.25. The molecule has 0 amide bonds. The molecule has 0 N–H and O–H groups in total. The van der Waals surface area contributed by atoms with Crippen LogP contribution >= 0.6 is 7.56 Å². The van der Waals surface area contributed by atoms with Gasteiger partial charge >= 0.3 is 0 Å². The highest BCUT2D eigenvalue weighted by molar-refractivity contribution is 8.00. The molecule has 0 bridgehead atoms. The lowest BCUT2D eigenvalue weighted by Gasteiger charge is -2.15. The topological polar surface area (TPSA) is 17.1 Å². The number of hydrogen-bond donors (Lipinski definition) is 0. The second kappa shape index (κ2) is 4.58. The van der Waals surface area contributed by atoms with Crippen LogP contribution in [-0.4, -0.2) is 14.0 Å². The molecule has 1 nitrogen and oxygen atoms in total. The van der Waals surface area contributed by atoms with Crippen molar-refractivity contribution in [2.45, 2.75) is 6.42 Å². The van der Waals surface area contributed by atoms with E-state index in [-0.39, 0.29) is 0 Å². The zero-order chi connectivity index (χ0) is 11.7. The highest BCUT2D eigenvalue weighted by Crippen LogP contribution is 2.19. The van der Waals surface area contributed by atoms with E-state index in [2.05, 4.69) is 36.4 Å². The number of rotatable bonds is 0. The second-order valence-corrected chi connectivity index (χ2v) is 6.39. The van der Waals surface area contributed by atoms with Crippen LogP contribution in [0, 0.1) is 0 Å². The molecule has 0 aromatic heterocycles. The van der Waals surface area contributed by atoms with Crippen LogP contribution in [0.1, 0.15) is 11.1 Å². The van der Waals surface area contributed by atoms with Crippen LogP contribution in [0.2, 0.25) is 0 Å². The molecule has 1 aliphatic rings. The molecule has 2 aromatic carbocycles. The Morgan fingerprint density at radius 3 is 1.82 bits per heavy atom. The van der Waals surface area contributed by atoms with Crippen molar-refractivity contribution >= 4 is 32.5 Å². The predicted octanol–water partition coefficient (Wildman–Crippen LogP) is 0.804. The molecule has 0 fully saturated rings. The fraction of sp³-hybridized carbons (Fsp3) is 0.0769. The molecule has 1 aliphatic heterocycles. The Morgan fingerprint density at radius 2 is 1.29 bits per heavy atom. The Labute approximate surface area is 103 Å². The normalized spacial score (nSPS) is 14.6. The Morgan fingerprint density at radius 1 is 0.824 bits per heavy atom. The minimum Gasteiger partial charge on any atom is -0.346 e. The maximum absolute atomic E-state index is 12.1. The fourth-order valence-corrected chi connectivity index (χ4v) is 4.16. The van der Waals surface area contributed by atoms with Crippen LogP contribution in [0.5, 0.6) is 0 Å². The average molecular weight is 238 g/mol. The van der Waals surface area contributed by atoms with Gasteiger partial charge in [0.15, 0.2) is 0 Å². The van der Waals surface area contributed by atoms with Crippen LogP contribution in [0.3, 0.4) is 0 Å². The third-order valence-electron chi connectivity index (χ3n) is 3.39. The molecule has 0 atom stereocenters. The van der Waals surface area contributed by atoms with E-state index in [1.165, 1.54) is 22.1 Å². The highest BCUT2D eigenvalue weighted by atomic mass is 31.1. The smallest absolute Gasteiger partial charge is 0.220 e. The first-order valence-electron chi connectivity index (χ1n) is 5.98. The molecule has 4 heteroatoms. The third-order valence-corrected chi connectivity index (χ3v) is 4.94. The summed E-state index contributed by atoms with van der Waals surface area (Å²) in [5, 5.41) is 0. The lowest BCUT2D eigenvalue weighted by atomic mass is 9.80. The van der Waals surface area contributed by atoms with Gasteiger partial charge in [-0.15, -0.1) is 0 Å². The number of benzene rings is 2. The summed E-state index contributed by atoms with van der Waals surface area (Å²) in [5.74, 6) is 0. The van der Waals surface area contributed by atoms with Gasteiger partial charge in [0, 0.05) is 7.56 Å². The summed E-state index contributed by atoms with van der Waals surface area (Å²) >= 11 is 0. The maximum Gasteiger partial charge on any atom is 0.220 e. The Balaban J connectivity index is 2.12. The quantitative estimate of drug-likeness (QED) is 0.490. The number of hydrogen-bond acceptors (Lipinski definition) is 1. The Hall–Kier alpha value is -1.20. The Bertz CT molecular complexity index is 534. The van der Waals surface area contributed by atoms with Gasteiger partial charge in [-0.1, -0.05) is 59.5 Å². The molecule has 0 radical (unpaired) electrons. The van der Waals surface area contributed by atoms with E-state index >= 15 is 0 Å². The predicted molar refractivity (Wildman–Crippen MR) is 78.3 cm³/mol. The first-order chi connectivity index (χ1) is 8.33. The van der Waals surface area contributed by atoms with E-state index < -0.39 is 7.56 Å². The minimum atomic E-state index is -1.53. The van der Waals surface area contributed by atoms with Crippen molar-refractivity contribution in [3.8, 4) is 0 Å². The van der Waals surface area contributed by atoms with Gasteiger partial charge in [-0.05, 0) is 17.5 Å². The second-order valence-electron chi connectivity index (χ2n) is 4.61. The van der Waals surface area contributed by atoms with Crippen LogP contribution in [0.15, 0.2) is 48.5 Å². The van der Waals surface area contributed by atoms with Crippen molar-refractivity contribution < 1.29 is 4.57 Å². The van der Waals surface area contributed by atoms with Crippen molar-refractivity contribution in [3.05, 3.63) is 59.7 Å². The van der Waals surface area contributed by atoms with Crippen molar-refractivity contribution in [3.63, 3.8) is 0 Å². The molecule has 1 heterocycles. The molecule has 0 saturated heterocycles. The maximum atomic E-state index is 12.1. The monoisotopic (exact) mass is 238 g/mol. The lowest BCUT2D eigenvalue weighted by molar-refractivity contribution is 0.602. The summed E-state index contributed by atoms with van der Waals surface area (Å²) < 4.78 is 12.1. The summed E-state index contributed by atoms with van der Waals surface area (Å²) in [5.41, 5.74) is 5.20. The average Bonchev–Trinajstić information content (AvgIpc) is 2.31. The minimum absolute atomic E-state index is 0.759. The summed E-state index contributed by atoms with van der Waals surface area (Å²) in [6.45, 7) is 1.52. The molecule has 3 rings (SSSR count). The van der Waals surface area contributed by atoms with E-state index in [9.17, 15) is 4.57 Å². The van der Waals surface area contributed by atoms with Crippen LogP contribution in [0.25, 0.3) is 0 Å². The van der Waals surface area contributed by atoms with Gasteiger partial charge in [-0.2, -0.15) is 0 Å². The van der Waals surface area contributed by atoms with E-state index in [4.69, 9.17) is 0 Å². The molecular formula is C13H13B2OP. The molecule has 0 aliphatic carbocycles. The lowest BCUT2D eigenvalue weighted by Crippen LogP contribution is -2.27. The SMILES string of the molecule is O=[PH]1Bc2ccccc2Cc2ccccc2B1. The van der Waals surface area contributed by atoms with E-state index in [0.717, 1.165) is 20.4 Å². The van der Waals surface area contributed by atoms with Gasteiger partial charge in [0.2, 0.25) is 14.0 Å². The Kier molecular flexibility index (Phi) is 2.94. The first-order valence-corrected chi connectivity index (χ1v) is 7.80. The van der Waals surface area contributed by atoms with Crippen LogP contribution in [-0.2, 0) is 11.0 Å². The first kappa shape index (κ1) is 10.9. The molecule has 2 aromatic rings. The summed E-state index contributed by atoms with van der Waals surface area (Å²) in [7, 11) is -1.53. The summed E-state index contributed by atoms with van der Waals surface area (Å²) in [6, 6.07) is 16.8. The molecular weight excluding hydrogens is 225 g/mol. The van der Waals surface area contributed by atoms with Crippen molar-refractivity contribution in [1.29, 1.82) is 0 Å². The highest BCUT2D eigenvalue weighted by Gasteiger charge is 2.17. The molecule has 0 spiro atoms.